The van der Waals surface area contributed by atoms with Crippen molar-refractivity contribution in [1.29, 1.82) is 0 Å². The molecular weight excluding hydrogens is 353 g/mol. The van der Waals surface area contributed by atoms with Crippen LogP contribution in [0.2, 0.25) is 0 Å². The van der Waals surface area contributed by atoms with Crippen LogP contribution in [0.25, 0.3) is 5.03 Å². The first-order valence-corrected chi connectivity index (χ1v) is 9.56. The molecule has 0 radical (unpaired) electrons. The van der Waals surface area contributed by atoms with Crippen molar-refractivity contribution >= 4 is 22.8 Å². The Morgan fingerprint density at radius 2 is 1.54 bits per heavy atom. The normalized spacial score (nSPS) is 16.1. The summed E-state index contributed by atoms with van der Waals surface area (Å²) >= 11 is 6.36. The third-order valence-electron chi connectivity index (χ3n) is 3.71. The number of halogens is 2. The molecule has 1 heterocycles. The number of hydrogen-bond acceptors (Lipinski definition) is 4. The molecule has 0 spiro atoms. The van der Waals surface area contributed by atoms with E-state index in [0.717, 1.165) is 30.1 Å². The van der Waals surface area contributed by atoms with Crippen LogP contribution in [0.5, 0.6) is 0 Å². The summed E-state index contributed by atoms with van der Waals surface area (Å²) in [6, 6.07) is 8.51. The third kappa shape index (κ3) is 10.0. The lowest BCUT2D eigenvalue weighted by Gasteiger charge is -2.17. The van der Waals surface area contributed by atoms with Crippen molar-refractivity contribution in [2.45, 2.75) is 39.0 Å². The van der Waals surface area contributed by atoms with Gasteiger partial charge in [-0.05, 0) is 30.4 Å². The second-order valence-electron chi connectivity index (χ2n) is 5.54. The Hall–Kier alpha value is -0.950. The summed E-state index contributed by atoms with van der Waals surface area (Å²) < 4.78 is 36.4. The van der Waals surface area contributed by atoms with Gasteiger partial charge in [-0.15, -0.1) is 10.2 Å². The van der Waals surface area contributed by atoms with Crippen LogP contribution >= 0.6 is 11.6 Å². The number of aryl methyl sites for hydroxylation is 1. The van der Waals surface area contributed by atoms with E-state index in [1.807, 2.05) is 6.08 Å². The highest BCUT2D eigenvalue weighted by Gasteiger charge is 2.08. The Labute approximate surface area is 150 Å². The summed E-state index contributed by atoms with van der Waals surface area (Å²) in [4.78, 5) is 0. The SMILES string of the molecule is CCc1ccc(/C(Cl)=C/C=[N+]2CCCCCC2)cc1.[O-][Cl+3]([O-])([O-])[O-]. The summed E-state index contributed by atoms with van der Waals surface area (Å²) in [6.07, 6.45) is 10.6. The highest BCUT2D eigenvalue weighted by atomic mass is 35.7. The van der Waals surface area contributed by atoms with E-state index in [1.54, 1.807) is 0 Å². The molecule has 5 nitrogen and oxygen atoms in total. The van der Waals surface area contributed by atoms with Crippen LogP contribution in [-0.2, 0) is 6.42 Å². The smallest absolute Gasteiger partial charge is 0.164 e. The van der Waals surface area contributed by atoms with E-state index in [1.165, 1.54) is 31.2 Å². The van der Waals surface area contributed by atoms with Crippen LogP contribution in [0.15, 0.2) is 30.3 Å². The van der Waals surface area contributed by atoms with Crippen molar-refractivity contribution < 1.29 is 33.5 Å². The lowest BCUT2D eigenvalue weighted by molar-refractivity contribution is -2.00. The standard InChI is InChI=1S/C17H23ClN.ClHO4/c1-2-15-7-9-16(10-8-15)17(18)11-14-19-12-5-3-4-6-13-19;2-1(3,4)5/h7-11,14H,2-6,12-13H2,1H3;(H,2,3,4,5)/q+1;/p-1/b17-11-;. The zero-order valence-electron chi connectivity index (χ0n) is 13.7. The van der Waals surface area contributed by atoms with Crippen LogP contribution in [0.4, 0.5) is 0 Å². The predicted octanol–water partition coefficient (Wildman–Crippen LogP) is -0.270. The fourth-order valence-corrected chi connectivity index (χ4v) is 2.59. The van der Waals surface area contributed by atoms with E-state index in [4.69, 9.17) is 30.2 Å². The van der Waals surface area contributed by atoms with Gasteiger partial charge < -0.3 is 0 Å². The van der Waals surface area contributed by atoms with Gasteiger partial charge in [0, 0.05) is 18.9 Å². The summed E-state index contributed by atoms with van der Waals surface area (Å²) in [5.74, 6) is 0. The van der Waals surface area contributed by atoms with Gasteiger partial charge in [-0.2, -0.15) is 0 Å². The Morgan fingerprint density at radius 1 is 1.04 bits per heavy atom. The first-order chi connectivity index (χ1) is 11.3. The molecule has 0 saturated carbocycles. The molecule has 1 aliphatic rings. The molecule has 1 saturated heterocycles. The van der Waals surface area contributed by atoms with Gasteiger partial charge in [0.15, 0.2) is 6.21 Å². The minimum atomic E-state index is -4.94. The second kappa shape index (κ2) is 10.8. The van der Waals surface area contributed by atoms with E-state index in [9.17, 15) is 0 Å². The van der Waals surface area contributed by atoms with E-state index in [0.29, 0.717) is 0 Å². The molecule has 0 aliphatic carbocycles. The van der Waals surface area contributed by atoms with Crippen molar-refractivity contribution in [3.05, 3.63) is 41.5 Å². The van der Waals surface area contributed by atoms with Gasteiger partial charge in [-0.25, -0.2) is 23.2 Å². The Kier molecular flexibility index (Phi) is 9.51. The number of benzene rings is 1. The number of rotatable bonds is 3. The molecule has 0 N–H and O–H groups in total. The van der Waals surface area contributed by atoms with E-state index < -0.39 is 10.2 Å². The maximum Gasteiger partial charge on any atom is 0.164 e. The van der Waals surface area contributed by atoms with Crippen LogP contribution in [0.3, 0.4) is 0 Å². The van der Waals surface area contributed by atoms with Gasteiger partial charge in [0.05, 0.1) is 5.03 Å². The van der Waals surface area contributed by atoms with Gasteiger partial charge in [0.2, 0.25) is 0 Å². The minimum Gasteiger partial charge on any atom is -0.236 e. The molecule has 0 aromatic heterocycles. The molecular formula is C17H23Cl2NO4. The molecule has 0 atom stereocenters. The van der Waals surface area contributed by atoms with Crippen LogP contribution in [0.1, 0.15) is 43.7 Å². The van der Waals surface area contributed by atoms with Gasteiger partial charge in [-0.3, -0.25) is 0 Å². The molecule has 0 amide bonds. The lowest BCUT2D eigenvalue weighted by atomic mass is 10.1. The molecule has 7 heteroatoms. The summed E-state index contributed by atoms with van der Waals surface area (Å²) in [5.41, 5.74) is 2.45. The molecule has 1 aromatic rings. The topological polar surface area (TPSA) is 95.2 Å². The number of hydrogen-bond donors (Lipinski definition) is 0. The van der Waals surface area contributed by atoms with E-state index in [2.05, 4.69) is 42.0 Å². The van der Waals surface area contributed by atoms with E-state index >= 15 is 0 Å². The fourth-order valence-electron chi connectivity index (χ4n) is 2.41. The van der Waals surface area contributed by atoms with E-state index in [-0.39, 0.29) is 0 Å². The zero-order chi connectivity index (χ0) is 18.0. The number of nitrogens with zero attached hydrogens (tertiary/aromatic N) is 1. The van der Waals surface area contributed by atoms with Crippen molar-refractivity contribution in [3.63, 3.8) is 0 Å². The highest BCUT2D eigenvalue weighted by Crippen LogP contribution is 2.18. The third-order valence-corrected chi connectivity index (χ3v) is 4.05. The Bertz CT molecular complexity index is 535. The van der Waals surface area contributed by atoms with Crippen molar-refractivity contribution in [3.8, 4) is 0 Å². The van der Waals surface area contributed by atoms with Gasteiger partial charge in [0.1, 0.15) is 13.1 Å². The predicted molar refractivity (Wildman–Crippen MR) is 84.2 cm³/mol. The molecule has 2 rings (SSSR count). The maximum atomic E-state index is 8.49. The summed E-state index contributed by atoms with van der Waals surface area (Å²) in [6.45, 7) is 4.49. The Balaban J connectivity index is 0.000000505. The average molecular weight is 376 g/mol. The molecule has 1 fully saturated rings. The molecule has 24 heavy (non-hydrogen) atoms. The second-order valence-corrected chi connectivity index (χ2v) is 6.71. The van der Waals surface area contributed by atoms with Crippen molar-refractivity contribution in [1.82, 2.24) is 0 Å². The fraction of sp³-hybridized carbons (Fsp3) is 0.471. The molecule has 0 unspecified atom stereocenters. The first kappa shape index (κ1) is 21.1. The van der Waals surface area contributed by atoms with Crippen LogP contribution in [-0.4, -0.2) is 23.9 Å². The monoisotopic (exact) mass is 375 g/mol. The molecule has 1 aliphatic heterocycles. The average Bonchev–Trinajstić information content (AvgIpc) is 2.80. The van der Waals surface area contributed by atoms with Gasteiger partial charge >= 0.3 is 0 Å². The quantitative estimate of drug-likeness (QED) is 0.679. The molecule has 0 bridgehead atoms. The van der Waals surface area contributed by atoms with Gasteiger partial charge in [-0.1, -0.05) is 42.8 Å². The highest BCUT2D eigenvalue weighted by molar-refractivity contribution is 6.49. The summed E-state index contributed by atoms with van der Waals surface area (Å²) in [7, 11) is -4.94. The van der Waals surface area contributed by atoms with Crippen molar-refractivity contribution in [2.24, 2.45) is 0 Å². The molecule has 1 aromatic carbocycles. The van der Waals surface area contributed by atoms with Crippen molar-refractivity contribution in [2.75, 3.05) is 13.1 Å². The minimum absolute atomic E-state index is 0.826. The maximum absolute atomic E-state index is 8.49. The first-order valence-electron chi connectivity index (χ1n) is 7.95. The zero-order valence-corrected chi connectivity index (χ0v) is 15.3. The van der Waals surface area contributed by atoms with Crippen LogP contribution in [0, 0.1) is 10.2 Å². The van der Waals surface area contributed by atoms with Gasteiger partial charge in [0.25, 0.3) is 0 Å². The lowest BCUT2D eigenvalue weighted by Crippen LogP contribution is -2.68. The van der Waals surface area contributed by atoms with Crippen LogP contribution < -0.4 is 18.6 Å². The Morgan fingerprint density at radius 3 is 2.00 bits per heavy atom. The largest absolute Gasteiger partial charge is 0.236 e. The summed E-state index contributed by atoms with van der Waals surface area (Å²) in [5, 5.41) is 0.826. The number of allylic oxidation sites excluding steroid dienone is 1. The molecule has 134 valence electrons.